The standard InChI is InChI=1S/C31H44N4O4/c1-4-26(29(36)32-16-11-17-35-18-20-39-21-19-35)33-30(37)27(22-23(2)3)34-31(38)28(24-12-7-5-8-13-24)25-14-9-6-10-15-25/h5-10,12-15,23,26-28H,4,11,16-22H2,1-3H3,(H,32,36)(H,33,37)(H,34,38). The molecule has 0 bridgehead atoms. The molecule has 8 heteroatoms. The summed E-state index contributed by atoms with van der Waals surface area (Å²) >= 11 is 0. The molecule has 0 aliphatic carbocycles. The summed E-state index contributed by atoms with van der Waals surface area (Å²) in [4.78, 5) is 42.2. The Morgan fingerprint density at radius 1 is 0.821 bits per heavy atom. The Labute approximate surface area is 232 Å². The van der Waals surface area contributed by atoms with Crippen molar-refractivity contribution in [2.24, 2.45) is 5.92 Å². The first kappa shape index (κ1) is 30.3. The lowest BCUT2D eigenvalue weighted by molar-refractivity contribution is -0.132. The summed E-state index contributed by atoms with van der Waals surface area (Å²) in [5.74, 6) is -1.16. The number of nitrogens with one attached hydrogen (secondary N) is 3. The third-order valence-corrected chi connectivity index (χ3v) is 6.96. The van der Waals surface area contributed by atoms with E-state index in [0.717, 1.165) is 50.4 Å². The van der Waals surface area contributed by atoms with Gasteiger partial charge in [-0.25, -0.2) is 0 Å². The molecule has 3 N–H and O–H groups in total. The molecule has 1 aliphatic heterocycles. The summed E-state index contributed by atoms with van der Waals surface area (Å²) in [7, 11) is 0. The van der Waals surface area contributed by atoms with Crippen LogP contribution < -0.4 is 16.0 Å². The van der Waals surface area contributed by atoms with E-state index in [-0.39, 0.29) is 23.6 Å². The molecule has 2 aromatic rings. The minimum absolute atomic E-state index is 0.169. The first-order valence-electron chi connectivity index (χ1n) is 14.2. The van der Waals surface area contributed by atoms with Crippen molar-refractivity contribution in [2.75, 3.05) is 39.4 Å². The van der Waals surface area contributed by atoms with Crippen molar-refractivity contribution in [1.82, 2.24) is 20.9 Å². The van der Waals surface area contributed by atoms with Crippen LogP contribution in [0, 0.1) is 5.92 Å². The number of rotatable bonds is 14. The van der Waals surface area contributed by atoms with E-state index >= 15 is 0 Å². The average molecular weight is 537 g/mol. The Balaban J connectivity index is 1.62. The molecule has 1 fully saturated rings. The maximum Gasteiger partial charge on any atom is 0.243 e. The maximum absolute atomic E-state index is 13.7. The van der Waals surface area contributed by atoms with E-state index in [9.17, 15) is 14.4 Å². The predicted molar refractivity (Wildman–Crippen MR) is 153 cm³/mol. The van der Waals surface area contributed by atoms with E-state index < -0.39 is 18.0 Å². The molecule has 1 aliphatic rings. The van der Waals surface area contributed by atoms with E-state index in [1.54, 1.807) is 0 Å². The zero-order valence-corrected chi connectivity index (χ0v) is 23.5. The average Bonchev–Trinajstić information content (AvgIpc) is 2.95. The summed E-state index contributed by atoms with van der Waals surface area (Å²) in [5, 5.41) is 8.86. The highest BCUT2D eigenvalue weighted by atomic mass is 16.5. The van der Waals surface area contributed by atoms with Crippen LogP contribution in [0.25, 0.3) is 0 Å². The van der Waals surface area contributed by atoms with Gasteiger partial charge in [-0.2, -0.15) is 0 Å². The Morgan fingerprint density at radius 2 is 1.38 bits per heavy atom. The third kappa shape index (κ3) is 9.79. The van der Waals surface area contributed by atoms with Crippen LogP contribution in [0.5, 0.6) is 0 Å². The van der Waals surface area contributed by atoms with Crippen LogP contribution in [0.3, 0.4) is 0 Å². The molecule has 1 heterocycles. The number of carbonyl (C=O) groups is 3. The Morgan fingerprint density at radius 3 is 1.92 bits per heavy atom. The van der Waals surface area contributed by atoms with Crippen molar-refractivity contribution >= 4 is 17.7 Å². The van der Waals surface area contributed by atoms with E-state index in [0.29, 0.717) is 19.4 Å². The highest BCUT2D eigenvalue weighted by molar-refractivity contribution is 5.94. The van der Waals surface area contributed by atoms with Gasteiger partial charge in [-0.3, -0.25) is 19.3 Å². The van der Waals surface area contributed by atoms with Gasteiger partial charge in [-0.1, -0.05) is 81.4 Å². The molecule has 0 radical (unpaired) electrons. The molecule has 0 saturated carbocycles. The number of ether oxygens (including phenoxy) is 1. The molecule has 1 saturated heterocycles. The van der Waals surface area contributed by atoms with Crippen LogP contribution in [0.2, 0.25) is 0 Å². The van der Waals surface area contributed by atoms with Crippen molar-refractivity contribution in [3.63, 3.8) is 0 Å². The van der Waals surface area contributed by atoms with Gasteiger partial charge in [0.05, 0.1) is 19.1 Å². The fraction of sp³-hybridized carbons (Fsp3) is 0.516. The number of nitrogens with zero attached hydrogens (tertiary/aromatic N) is 1. The fourth-order valence-corrected chi connectivity index (χ4v) is 4.83. The molecule has 8 nitrogen and oxygen atoms in total. The lowest BCUT2D eigenvalue weighted by atomic mass is 9.90. The van der Waals surface area contributed by atoms with Crippen molar-refractivity contribution in [2.45, 2.75) is 58.0 Å². The molecule has 3 amide bonds. The van der Waals surface area contributed by atoms with Gasteiger partial charge in [0, 0.05) is 19.6 Å². The van der Waals surface area contributed by atoms with Gasteiger partial charge >= 0.3 is 0 Å². The Bertz CT molecular complexity index is 986. The van der Waals surface area contributed by atoms with Crippen molar-refractivity contribution in [3.05, 3.63) is 71.8 Å². The van der Waals surface area contributed by atoms with Gasteiger partial charge in [-0.15, -0.1) is 0 Å². The van der Waals surface area contributed by atoms with Gasteiger partial charge < -0.3 is 20.7 Å². The maximum atomic E-state index is 13.7. The monoisotopic (exact) mass is 536 g/mol. The normalized spacial score (nSPS) is 15.5. The van der Waals surface area contributed by atoms with Gasteiger partial charge in [0.2, 0.25) is 17.7 Å². The number of hydrogen-bond acceptors (Lipinski definition) is 5. The zero-order valence-electron chi connectivity index (χ0n) is 23.5. The Kier molecular flexibility index (Phi) is 12.4. The summed E-state index contributed by atoms with van der Waals surface area (Å²) in [6.45, 7) is 10.7. The highest BCUT2D eigenvalue weighted by Crippen LogP contribution is 2.25. The molecule has 0 aromatic heterocycles. The number of amides is 3. The third-order valence-electron chi connectivity index (χ3n) is 6.96. The van der Waals surface area contributed by atoms with Gasteiger partial charge in [0.1, 0.15) is 12.1 Å². The SMILES string of the molecule is CCC(NC(=O)C(CC(C)C)NC(=O)C(c1ccccc1)c1ccccc1)C(=O)NCCCN1CCOCC1. The molecule has 212 valence electrons. The number of carbonyl (C=O) groups excluding carboxylic acids is 3. The van der Waals surface area contributed by atoms with E-state index in [1.807, 2.05) is 81.4 Å². The second-order valence-electron chi connectivity index (χ2n) is 10.5. The quantitative estimate of drug-likeness (QED) is 0.322. The number of benzene rings is 2. The van der Waals surface area contributed by atoms with E-state index in [2.05, 4.69) is 20.9 Å². The Hall–Kier alpha value is -3.23. The minimum Gasteiger partial charge on any atom is -0.379 e. The van der Waals surface area contributed by atoms with Gasteiger partial charge in [0.15, 0.2) is 0 Å². The van der Waals surface area contributed by atoms with Crippen LogP contribution in [0.4, 0.5) is 0 Å². The molecule has 39 heavy (non-hydrogen) atoms. The minimum atomic E-state index is -0.754. The number of hydrogen-bond donors (Lipinski definition) is 3. The van der Waals surface area contributed by atoms with Crippen molar-refractivity contribution < 1.29 is 19.1 Å². The summed E-state index contributed by atoms with van der Waals surface area (Å²) < 4.78 is 5.37. The fourth-order valence-electron chi connectivity index (χ4n) is 4.83. The smallest absolute Gasteiger partial charge is 0.243 e. The molecular formula is C31H44N4O4. The lowest BCUT2D eigenvalue weighted by Gasteiger charge is -2.27. The van der Waals surface area contributed by atoms with E-state index in [1.165, 1.54) is 0 Å². The van der Waals surface area contributed by atoms with Crippen LogP contribution >= 0.6 is 0 Å². The molecular weight excluding hydrogens is 492 g/mol. The molecule has 0 spiro atoms. The van der Waals surface area contributed by atoms with Crippen LogP contribution in [-0.2, 0) is 19.1 Å². The van der Waals surface area contributed by atoms with Crippen molar-refractivity contribution in [1.29, 1.82) is 0 Å². The topological polar surface area (TPSA) is 99.8 Å². The molecule has 2 atom stereocenters. The first-order valence-corrected chi connectivity index (χ1v) is 14.2. The zero-order chi connectivity index (χ0) is 28.0. The first-order chi connectivity index (χ1) is 18.9. The molecule has 2 unspecified atom stereocenters. The van der Waals surface area contributed by atoms with Crippen molar-refractivity contribution in [3.8, 4) is 0 Å². The van der Waals surface area contributed by atoms with E-state index in [4.69, 9.17) is 4.74 Å². The lowest BCUT2D eigenvalue weighted by Crippen LogP contribution is -2.54. The summed E-state index contributed by atoms with van der Waals surface area (Å²) in [6.07, 6.45) is 1.76. The molecule has 3 rings (SSSR count). The number of morpholine rings is 1. The van der Waals surface area contributed by atoms with Crippen LogP contribution in [0.1, 0.15) is 57.1 Å². The largest absolute Gasteiger partial charge is 0.379 e. The molecule has 2 aromatic carbocycles. The predicted octanol–water partition coefficient (Wildman–Crippen LogP) is 3.08. The van der Waals surface area contributed by atoms with Gasteiger partial charge in [-0.05, 0) is 42.9 Å². The highest BCUT2D eigenvalue weighted by Gasteiger charge is 2.30. The van der Waals surface area contributed by atoms with Crippen LogP contribution in [0.15, 0.2) is 60.7 Å². The van der Waals surface area contributed by atoms with Gasteiger partial charge in [0.25, 0.3) is 0 Å². The summed E-state index contributed by atoms with van der Waals surface area (Å²) in [5.41, 5.74) is 1.71. The second-order valence-corrected chi connectivity index (χ2v) is 10.5. The van der Waals surface area contributed by atoms with Crippen LogP contribution in [-0.4, -0.2) is 74.1 Å². The second kappa shape index (κ2) is 16.0. The summed E-state index contributed by atoms with van der Waals surface area (Å²) in [6, 6.07) is 17.7.